The zero-order valence-electron chi connectivity index (χ0n) is 14.2. The van der Waals surface area contributed by atoms with Crippen LogP contribution >= 0.6 is 0 Å². The first-order chi connectivity index (χ1) is 10.0. The van der Waals surface area contributed by atoms with Crippen molar-refractivity contribution in [2.75, 3.05) is 19.6 Å². The van der Waals surface area contributed by atoms with E-state index in [-0.39, 0.29) is 0 Å². The van der Waals surface area contributed by atoms with Gasteiger partial charge in [0.1, 0.15) is 0 Å². The van der Waals surface area contributed by atoms with E-state index in [0.29, 0.717) is 12.1 Å². The Morgan fingerprint density at radius 1 is 1.10 bits per heavy atom. The first-order valence-corrected chi connectivity index (χ1v) is 8.56. The number of rotatable bonds is 6. The fourth-order valence-electron chi connectivity index (χ4n) is 3.43. The van der Waals surface area contributed by atoms with Gasteiger partial charge in [-0.1, -0.05) is 58.0 Å². The highest BCUT2D eigenvalue weighted by Crippen LogP contribution is 2.18. The molecule has 2 atom stereocenters. The number of benzene rings is 1. The number of hydrogen-bond donors (Lipinski definition) is 1. The Balaban J connectivity index is 1.95. The number of piperazine rings is 1. The quantitative estimate of drug-likeness (QED) is 0.861. The normalized spacial score (nSPS) is 23.9. The van der Waals surface area contributed by atoms with E-state index in [4.69, 9.17) is 0 Å². The highest BCUT2D eigenvalue weighted by molar-refractivity contribution is 5.16. The van der Waals surface area contributed by atoms with Crippen LogP contribution in [0, 0.1) is 11.8 Å². The molecule has 1 aromatic rings. The highest BCUT2D eigenvalue weighted by Gasteiger charge is 2.28. The molecular formula is C19H32N2. The van der Waals surface area contributed by atoms with E-state index in [9.17, 15) is 0 Å². The molecule has 0 aromatic heterocycles. The molecule has 2 rings (SSSR count). The van der Waals surface area contributed by atoms with Crippen molar-refractivity contribution >= 4 is 0 Å². The summed E-state index contributed by atoms with van der Waals surface area (Å²) in [4.78, 5) is 2.73. The van der Waals surface area contributed by atoms with Crippen molar-refractivity contribution in [2.45, 2.75) is 52.6 Å². The van der Waals surface area contributed by atoms with Crippen molar-refractivity contribution in [1.29, 1.82) is 0 Å². The van der Waals surface area contributed by atoms with Gasteiger partial charge in [0.15, 0.2) is 0 Å². The van der Waals surface area contributed by atoms with Crippen molar-refractivity contribution < 1.29 is 0 Å². The maximum absolute atomic E-state index is 3.78. The summed E-state index contributed by atoms with van der Waals surface area (Å²) in [5, 5.41) is 3.78. The molecule has 1 N–H and O–H groups in total. The minimum Gasteiger partial charge on any atom is -0.311 e. The van der Waals surface area contributed by atoms with Crippen molar-refractivity contribution in [3.05, 3.63) is 35.9 Å². The lowest BCUT2D eigenvalue weighted by Gasteiger charge is -2.42. The molecule has 1 heterocycles. The Morgan fingerprint density at radius 3 is 2.43 bits per heavy atom. The summed E-state index contributed by atoms with van der Waals surface area (Å²) in [6.07, 6.45) is 2.45. The number of hydrogen-bond acceptors (Lipinski definition) is 2. The Bertz CT molecular complexity index is 399. The molecule has 1 aliphatic heterocycles. The van der Waals surface area contributed by atoms with Gasteiger partial charge in [0.25, 0.3) is 0 Å². The van der Waals surface area contributed by atoms with Gasteiger partial charge in [-0.05, 0) is 30.2 Å². The lowest BCUT2D eigenvalue weighted by molar-refractivity contribution is 0.101. The second kappa shape index (κ2) is 7.95. The third-order valence-electron chi connectivity index (χ3n) is 4.28. The molecule has 2 nitrogen and oxygen atoms in total. The summed E-state index contributed by atoms with van der Waals surface area (Å²) in [5.41, 5.74) is 1.45. The molecule has 1 saturated heterocycles. The van der Waals surface area contributed by atoms with Crippen LogP contribution in [0.5, 0.6) is 0 Å². The van der Waals surface area contributed by atoms with Crippen LogP contribution in [0.2, 0.25) is 0 Å². The summed E-state index contributed by atoms with van der Waals surface area (Å²) < 4.78 is 0. The topological polar surface area (TPSA) is 15.3 Å². The third kappa shape index (κ3) is 5.44. The maximum Gasteiger partial charge on any atom is 0.0236 e. The maximum atomic E-state index is 3.78. The van der Waals surface area contributed by atoms with Gasteiger partial charge in [-0.3, -0.25) is 4.90 Å². The minimum absolute atomic E-state index is 0.592. The predicted octanol–water partition coefficient (Wildman–Crippen LogP) is 3.57. The first-order valence-electron chi connectivity index (χ1n) is 8.56. The molecule has 118 valence electrons. The van der Waals surface area contributed by atoms with Crippen LogP contribution in [0.25, 0.3) is 0 Å². The summed E-state index contributed by atoms with van der Waals surface area (Å²) in [7, 11) is 0. The van der Waals surface area contributed by atoms with Crippen LogP contribution in [-0.4, -0.2) is 36.6 Å². The van der Waals surface area contributed by atoms with E-state index in [0.717, 1.165) is 24.8 Å². The standard InChI is InChI=1S/C19H32N2/c1-15(2)10-19-12-20-18(14-21(19)13-16(3)4)11-17-8-6-5-7-9-17/h5-9,15-16,18-20H,10-14H2,1-4H3. The zero-order valence-corrected chi connectivity index (χ0v) is 14.2. The Kier molecular flexibility index (Phi) is 6.25. The van der Waals surface area contributed by atoms with E-state index < -0.39 is 0 Å². The summed E-state index contributed by atoms with van der Waals surface area (Å²) in [6.45, 7) is 12.9. The smallest absolute Gasteiger partial charge is 0.0236 e. The second-order valence-corrected chi connectivity index (χ2v) is 7.43. The Hall–Kier alpha value is -0.860. The van der Waals surface area contributed by atoms with Gasteiger partial charge in [0, 0.05) is 31.7 Å². The van der Waals surface area contributed by atoms with Crippen LogP contribution < -0.4 is 5.32 Å². The average Bonchev–Trinajstić information content (AvgIpc) is 2.42. The van der Waals surface area contributed by atoms with Crippen LogP contribution in [0.4, 0.5) is 0 Å². The average molecular weight is 288 g/mol. The van der Waals surface area contributed by atoms with Gasteiger partial charge < -0.3 is 5.32 Å². The van der Waals surface area contributed by atoms with Crippen molar-refractivity contribution in [2.24, 2.45) is 11.8 Å². The molecular weight excluding hydrogens is 256 g/mol. The molecule has 0 amide bonds. The second-order valence-electron chi connectivity index (χ2n) is 7.43. The largest absolute Gasteiger partial charge is 0.311 e. The fourth-order valence-corrected chi connectivity index (χ4v) is 3.43. The summed E-state index contributed by atoms with van der Waals surface area (Å²) >= 11 is 0. The third-order valence-corrected chi connectivity index (χ3v) is 4.28. The van der Waals surface area contributed by atoms with Crippen LogP contribution in [0.15, 0.2) is 30.3 Å². The molecule has 1 aliphatic rings. The van der Waals surface area contributed by atoms with Crippen LogP contribution in [0.1, 0.15) is 39.7 Å². The van der Waals surface area contributed by atoms with Crippen LogP contribution in [0.3, 0.4) is 0 Å². The number of nitrogens with one attached hydrogen (secondary N) is 1. The molecule has 2 unspecified atom stereocenters. The van der Waals surface area contributed by atoms with Gasteiger partial charge in [-0.15, -0.1) is 0 Å². The summed E-state index contributed by atoms with van der Waals surface area (Å²) in [6, 6.07) is 12.2. The molecule has 21 heavy (non-hydrogen) atoms. The number of nitrogens with zero attached hydrogens (tertiary/aromatic N) is 1. The zero-order chi connectivity index (χ0) is 15.2. The van der Waals surface area contributed by atoms with E-state index in [1.165, 1.54) is 25.1 Å². The van der Waals surface area contributed by atoms with Gasteiger partial charge >= 0.3 is 0 Å². The Labute approximate surface area is 130 Å². The monoisotopic (exact) mass is 288 g/mol. The van der Waals surface area contributed by atoms with E-state index in [2.05, 4.69) is 68.2 Å². The fraction of sp³-hybridized carbons (Fsp3) is 0.684. The molecule has 1 fully saturated rings. The van der Waals surface area contributed by atoms with E-state index in [1.54, 1.807) is 0 Å². The van der Waals surface area contributed by atoms with Crippen molar-refractivity contribution in [3.63, 3.8) is 0 Å². The van der Waals surface area contributed by atoms with E-state index in [1.807, 2.05) is 0 Å². The molecule has 0 bridgehead atoms. The van der Waals surface area contributed by atoms with Crippen molar-refractivity contribution in [3.8, 4) is 0 Å². The van der Waals surface area contributed by atoms with Crippen molar-refractivity contribution in [1.82, 2.24) is 10.2 Å². The van der Waals surface area contributed by atoms with Crippen LogP contribution in [-0.2, 0) is 6.42 Å². The lowest BCUT2D eigenvalue weighted by Crippen LogP contribution is -2.58. The van der Waals surface area contributed by atoms with Gasteiger partial charge in [0.05, 0.1) is 0 Å². The lowest BCUT2D eigenvalue weighted by atomic mass is 9.95. The Morgan fingerprint density at radius 2 is 1.81 bits per heavy atom. The molecule has 1 aromatic carbocycles. The van der Waals surface area contributed by atoms with Gasteiger partial charge in [0.2, 0.25) is 0 Å². The molecule has 0 aliphatic carbocycles. The summed E-state index contributed by atoms with van der Waals surface area (Å²) in [5.74, 6) is 1.52. The molecule has 0 radical (unpaired) electrons. The first kappa shape index (κ1) is 16.5. The van der Waals surface area contributed by atoms with Gasteiger partial charge in [-0.2, -0.15) is 0 Å². The van der Waals surface area contributed by atoms with E-state index >= 15 is 0 Å². The highest BCUT2D eigenvalue weighted by atomic mass is 15.2. The minimum atomic E-state index is 0.592. The molecule has 2 heteroatoms. The predicted molar refractivity (Wildman–Crippen MR) is 91.6 cm³/mol. The molecule has 0 spiro atoms. The van der Waals surface area contributed by atoms with Gasteiger partial charge in [-0.25, -0.2) is 0 Å². The molecule has 0 saturated carbocycles. The SMILES string of the molecule is CC(C)CC1CNC(Cc2ccccc2)CN1CC(C)C.